The highest BCUT2D eigenvalue weighted by Crippen LogP contribution is 2.14. The zero-order valence-corrected chi connectivity index (χ0v) is 11.8. The van der Waals surface area contributed by atoms with Gasteiger partial charge in [0.2, 0.25) is 0 Å². The highest BCUT2D eigenvalue weighted by molar-refractivity contribution is 6.33. The molecule has 1 rings (SSSR count). The minimum absolute atomic E-state index is 0.0690. The standard InChI is InChI=1S/C12H14Cl2N2O3/c1-2-3-7(12(18)19)6-15-11(17)8-4-9(13)16-10(14)5-8/h4-5,7H,2-3,6H2,1H3,(H,15,17)(H,18,19). The predicted molar refractivity (Wildman–Crippen MR) is 72.6 cm³/mol. The fourth-order valence-corrected chi connectivity index (χ4v) is 2.04. The monoisotopic (exact) mass is 304 g/mol. The van der Waals surface area contributed by atoms with Gasteiger partial charge in [-0.15, -0.1) is 0 Å². The fraction of sp³-hybridized carbons (Fsp3) is 0.417. The van der Waals surface area contributed by atoms with E-state index >= 15 is 0 Å². The molecule has 1 amide bonds. The molecule has 0 bridgehead atoms. The largest absolute Gasteiger partial charge is 0.481 e. The summed E-state index contributed by atoms with van der Waals surface area (Å²) in [4.78, 5) is 26.5. The lowest BCUT2D eigenvalue weighted by molar-refractivity contribution is -0.141. The van der Waals surface area contributed by atoms with Crippen molar-refractivity contribution in [2.24, 2.45) is 5.92 Å². The lowest BCUT2D eigenvalue weighted by atomic mass is 10.0. The normalized spacial score (nSPS) is 11.9. The van der Waals surface area contributed by atoms with Gasteiger partial charge in [0.05, 0.1) is 5.92 Å². The molecule has 1 atom stereocenters. The van der Waals surface area contributed by atoms with Crippen LogP contribution in [-0.2, 0) is 4.79 Å². The van der Waals surface area contributed by atoms with Crippen LogP contribution in [0.3, 0.4) is 0 Å². The Kier molecular flexibility index (Phi) is 6.05. The van der Waals surface area contributed by atoms with Gasteiger partial charge in [-0.1, -0.05) is 36.5 Å². The van der Waals surface area contributed by atoms with Crippen molar-refractivity contribution in [3.8, 4) is 0 Å². The van der Waals surface area contributed by atoms with Crippen LogP contribution in [0.5, 0.6) is 0 Å². The van der Waals surface area contributed by atoms with Crippen LogP contribution >= 0.6 is 23.2 Å². The van der Waals surface area contributed by atoms with Crippen molar-refractivity contribution in [1.82, 2.24) is 10.3 Å². The first kappa shape index (κ1) is 15.7. The molecular formula is C12H14Cl2N2O3. The number of hydrogen-bond acceptors (Lipinski definition) is 3. The average Bonchev–Trinajstić information content (AvgIpc) is 2.32. The minimum Gasteiger partial charge on any atom is -0.481 e. The summed E-state index contributed by atoms with van der Waals surface area (Å²) >= 11 is 11.4. The molecule has 0 radical (unpaired) electrons. The summed E-state index contributed by atoms with van der Waals surface area (Å²) in [5.74, 6) is -1.94. The van der Waals surface area contributed by atoms with Crippen LogP contribution in [0.1, 0.15) is 30.1 Å². The molecule has 1 aromatic heterocycles. The van der Waals surface area contributed by atoms with Crippen LogP contribution in [0.15, 0.2) is 12.1 Å². The molecule has 0 aliphatic heterocycles. The van der Waals surface area contributed by atoms with Crippen LogP contribution in [0, 0.1) is 5.92 Å². The molecule has 0 aliphatic carbocycles. The van der Waals surface area contributed by atoms with Crippen LogP contribution in [-0.4, -0.2) is 28.5 Å². The Bertz CT molecular complexity index is 460. The first-order valence-electron chi connectivity index (χ1n) is 5.78. The van der Waals surface area contributed by atoms with E-state index < -0.39 is 17.8 Å². The number of nitrogens with one attached hydrogen (secondary N) is 1. The molecule has 1 aromatic rings. The number of amides is 1. The molecule has 0 fully saturated rings. The average molecular weight is 305 g/mol. The van der Waals surface area contributed by atoms with Crippen molar-refractivity contribution >= 4 is 35.1 Å². The summed E-state index contributed by atoms with van der Waals surface area (Å²) in [5, 5.41) is 11.8. The van der Waals surface area contributed by atoms with Gasteiger partial charge in [0.1, 0.15) is 10.3 Å². The van der Waals surface area contributed by atoms with E-state index in [1.165, 1.54) is 12.1 Å². The van der Waals surface area contributed by atoms with E-state index in [0.717, 1.165) is 6.42 Å². The first-order valence-corrected chi connectivity index (χ1v) is 6.53. The molecule has 0 aliphatic rings. The highest BCUT2D eigenvalue weighted by atomic mass is 35.5. The Morgan fingerprint density at radius 2 is 1.95 bits per heavy atom. The lowest BCUT2D eigenvalue weighted by Crippen LogP contribution is -2.32. The van der Waals surface area contributed by atoms with Crippen molar-refractivity contribution in [2.45, 2.75) is 19.8 Å². The Labute approximate surface area is 120 Å². The maximum Gasteiger partial charge on any atom is 0.308 e. The second kappa shape index (κ2) is 7.31. The van der Waals surface area contributed by atoms with Crippen molar-refractivity contribution in [2.75, 3.05) is 6.54 Å². The smallest absolute Gasteiger partial charge is 0.308 e. The third-order valence-corrected chi connectivity index (χ3v) is 2.91. The highest BCUT2D eigenvalue weighted by Gasteiger charge is 2.18. The fourth-order valence-electron chi connectivity index (χ4n) is 1.58. The molecule has 1 heterocycles. The summed E-state index contributed by atoms with van der Waals surface area (Å²) < 4.78 is 0. The van der Waals surface area contributed by atoms with Gasteiger partial charge in [-0.05, 0) is 18.6 Å². The van der Waals surface area contributed by atoms with E-state index in [1.54, 1.807) is 0 Å². The summed E-state index contributed by atoms with van der Waals surface area (Å²) in [7, 11) is 0. The number of carbonyl (C=O) groups excluding carboxylic acids is 1. The number of aromatic nitrogens is 1. The van der Waals surface area contributed by atoms with Crippen LogP contribution in [0.2, 0.25) is 10.3 Å². The topological polar surface area (TPSA) is 79.3 Å². The summed E-state index contributed by atoms with van der Waals surface area (Å²) in [5.41, 5.74) is 0.255. The second-order valence-corrected chi connectivity index (χ2v) is 4.81. The number of rotatable bonds is 6. The molecule has 0 aromatic carbocycles. The zero-order chi connectivity index (χ0) is 14.4. The van der Waals surface area contributed by atoms with Crippen molar-refractivity contribution in [3.05, 3.63) is 28.0 Å². The van der Waals surface area contributed by atoms with Crippen molar-refractivity contribution in [3.63, 3.8) is 0 Å². The van der Waals surface area contributed by atoms with Gasteiger partial charge >= 0.3 is 5.97 Å². The van der Waals surface area contributed by atoms with Gasteiger partial charge in [-0.3, -0.25) is 9.59 Å². The summed E-state index contributed by atoms with van der Waals surface area (Å²) in [6.07, 6.45) is 1.24. The Hall–Kier alpha value is -1.33. The number of carbonyl (C=O) groups is 2. The third-order valence-electron chi connectivity index (χ3n) is 2.52. The van der Waals surface area contributed by atoms with Gasteiger partial charge in [0, 0.05) is 12.1 Å². The second-order valence-electron chi connectivity index (χ2n) is 4.04. The first-order chi connectivity index (χ1) is 8.93. The molecule has 0 spiro atoms. The number of hydrogen-bond donors (Lipinski definition) is 2. The van der Waals surface area contributed by atoms with Crippen LogP contribution in [0.4, 0.5) is 0 Å². The zero-order valence-electron chi connectivity index (χ0n) is 10.3. The molecule has 2 N–H and O–H groups in total. The van der Waals surface area contributed by atoms with Gasteiger partial charge in [0.25, 0.3) is 5.91 Å². The number of halogens is 2. The number of aliphatic carboxylic acids is 1. The molecule has 5 nitrogen and oxygen atoms in total. The Balaban J connectivity index is 2.66. The quantitative estimate of drug-likeness (QED) is 0.792. The number of carboxylic acids is 1. The molecule has 104 valence electrons. The molecule has 0 saturated carbocycles. The summed E-state index contributed by atoms with van der Waals surface area (Å²) in [6.45, 7) is 1.96. The SMILES string of the molecule is CCCC(CNC(=O)c1cc(Cl)nc(Cl)c1)C(=O)O. The van der Waals surface area contributed by atoms with Crippen molar-refractivity contribution in [1.29, 1.82) is 0 Å². The van der Waals surface area contributed by atoms with E-state index in [2.05, 4.69) is 10.3 Å². The predicted octanol–water partition coefficient (Wildman–Crippen LogP) is 2.62. The number of pyridine rings is 1. The van der Waals surface area contributed by atoms with Crippen LogP contribution < -0.4 is 5.32 Å². The number of carboxylic acid groups (broad SMARTS) is 1. The third kappa shape index (κ3) is 5.04. The molecule has 7 heteroatoms. The lowest BCUT2D eigenvalue weighted by Gasteiger charge is -2.12. The molecule has 1 unspecified atom stereocenters. The molecule has 19 heavy (non-hydrogen) atoms. The van der Waals surface area contributed by atoms with Crippen molar-refractivity contribution < 1.29 is 14.7 Å². The van der Waals surface area contributed by atoms with Gasteiger partial charge in [-0.25, -0.2) is 4.98 Å². The Morgan fingerprint density at radius 1 is 1.37 bits per heavy atom. The maximum atomic E-state index is 11.8. The van der Waals surface area contributed by atoms with E-state index in [4.69, 9.17) is 28.3 Å². The van der Waals surface area contributed by atoms with Gasteiger partial charge in [-0.2, -0.15) is 0 Å². The van der Waals surface area contributed by atoms with Gasteiger partial charge in [0.15, 0.2) is 0 Å². The van der Waals surface area contributed by atoms with Crippen LogP contribution in [0.25, 0.3) is 0 Å². The minimum atomic E-state index is -0.923. The molecular weight excluding hydrogens is 291 g/mol. The van der Waals surface area contributed by atoms with E-state index in [1.807, 2.05) is 6.92 Å². The molecule has 0 saturated heterocycles. The Morgan fingerprint density at radius 3 is 2.42 bits per heavy atom. The van der Waals surface area contributed by atoms with E-state index in [0.29, 0.717) is 6.42 Å². The number of nitrogens with zero attached hydrogens (tertiary/aromatic N) is 1. The summed E-state index contributed by atoms with van der Waals surface area (Å²) in [6, 6.07) is 2.75. The van der Waals surface area contributed by atoms with E-state index in [-0.39, 0.29) is 22.4 Å². The van der Waals surface area contributed by atoms with Gasteiger partial charge < -0.3 is 10.4 Å². The van der Waals surface area contributed by atoms with E-state index in [9.17, 15) is 9.59 Å². The maximum absolute atomic E-state index is 11.8.